The van der Waals surface area contributed by atoms with Gasteiger partial charge in [-0.1, -0.05) is 26.0 Å². The van der Waals surface area contributed by atoms with Crippen molar-refractivity contribution in [1.29, 1.82) is 0 Å². The molecule has 0 saturated carbocycles. The fourth-order valence-electron chi connectivity index (χ4n) is 4.74. The van der Waals surface area contributed by atoms with E-state index in [1.165, 1.54) is 5.56 Å². The van der Waals surface area contributed by atoms with Gasteiger partial charge in [-0.3, -0.25) is 9.59 Å². The molecule has 1 aliphatic carbocycles. The average molecular weight is 488 g/mol. The van der Waals surface area contributed by atoms with E-state index in [1.54, 1.807) is 7.11 Å². The Morgan fingerprint density at radius 3 is 2.40 bits per heavy atom. The molecule has 8 nitrogen and oxygen atoms in total. The third kappa shape index (κ3) is 6.19. The van der Waals surface area contributed by atoms with Gasteiger partial charge in [-0.15, -0.1) is 0 Å². The topological polar surface area (TPSA) is 106 Å². The van der Waals surface area contributed by atoms with Crippen molar-refractivity contribution < 1.29 is 28.7 Å². The van der Waals surface area contributed by atoms with E-state index in [2.05, 4.69) is 30.5 Å². The molecule has 9 heteroatoms. The molecule has 1 heterocycles. The minimum Gasteiger partial charge on any atom is -0.496 e. The number of aliphatic hydroxyl groups excluding tert-OH is 1. The molecule has 0 bridgehead atoms. The van der Waals surface area contributed by atoms with Crippen LogP contribution in [0.15, 0.2) is 18.2 Å². The fraction of sp³-hybridized carbons (Fsp3) is 0.692. The summed E-state index contributed by atoms with van der Waals surface area (Å²) in [5, 5.41) is 15.7. The summed E-state index contributed by atoms with van der Waals surface area (Å²) in [4.78, 5) is 26.2. The van der Waals surface area contributed by atoms with Gasteiger partial charge in [0.2, 0.25) is 11.8 Å². The monoisotopic (exact) mass is 488 g/mol. The smallest absolute Gasteiger partial charge is 0.481 e. The molecule has 0 radical (unpaired) electrons. The predicted octanol–water partition coefficient (Wildman–Crippen LogP) is 2.44. The number of carbonyl (C=O) groups is 2. The SMILES string of the molecule is COc1cccc2c1CC(C(=O)N[C@@H](CO)C(=O)N[C@@H](CC(C)C)B1OC(C)(C)C(C)(C)O1)CC2. The van der Waals surface area contributed by atoms with Gasteiger partial charge in [0.1, 0.15) is 11.8 Å². The Balaban J connectivity index is 1.66. The summed E-state index contributed by atoms with van der Waals surface area (Å²) in [6.07, 6.45) is 2.61. The molecular formula is C26H41BN2O6. The zero-order valence-electron chi connectivity index (χ0n) is 22.1. The molecule has 2 aliphatic rings. The largest absolute Gasteiger partial charge is 0.496 e. The van der Waals surface area contributed by atoms with Crippen molar-refractivity contribution in [2.24, 2.45) is 11.8 Å². The molecule has 1 aromatic carbocycles. The first-order valence-corrected chi connectivity index (χ1v) is 12.6. The first-order chi connectivity index (χ1) is 16.4. The van der Waals surface area contributed by atoms with Gasteiger partial charge in [-0.2, -0.15) is 0 Å². The highest BCUT2D eigenvalue weighted by Gasteiger charge is 2.54. The molecule has 1 saturated heterocycles. The lowest BCUT2D eigenvalue weighted by atomic mass is 9.74. The highest BCUT2D eigenvalue weighted by atomic mass is 16.7. The number of benzene rings is 1. The van der Waals surface area contributed by atoms with E-state index in [1.807, 2.05) is 39.8 Å². The van der Waals surface area contributed by atoms with Gasteiger partial charge < -0.3 is 29.8 Å². The van der Waals surface area contributed by atoms with Crippen molar-refractivity contribution in [3.8, 4) is 5.75 Å². The number of fused-ring (bicyclic) bond motifs is 1. The summed E-state index contributed by atoms with van der Waals surface area (Å²) in [5.74, 6) is -0.355. The number of rotatable bonds is 9. The lowest BCUT2D eigenvalue weighted by Crippen LogP contribution is -2.56. The molecule has 0 spiro atoms. The van der Waals surface area contributed by atoms with Crippen molar-refractivity contribution in [3.05, 3.63) is 29.3 Å². The molecule has 1 fully saturated rings. The third-order valence-electron chi connectivity index (χ3n) is 7.50. The van der Waals surface area contributed by atoms with Gasteiger partial charge in [-0.25, -0.2) is 0 Å². The van der Waals surface area contributed by atoms with E-state index in [0.29, 0.717) is 19.3 Å². The molecule has 194 valence electrons. The number of methoxy groups -OCH3 is 1. The number of aliphatic hydroxyl groups is 1. The van der Waals surface area contributed by atoms with E-state index in [4.69, 9.17) is 14.0 Å². The van der Waals surface area contributed by atoms with Crippen molar-refractivity contribution >= 4 is 18.9 Å². The van der Waals surface area contributed by atoms with Crippen molar-refractivity contribution in [3.63, 3.8) is 0 Å². The van der Waals surface area contributed by atoms with E-state index in [-0.39, 0.29) is 17.7 Å². The van der Waals surface area contributed by atoms with Crippen LogP contribution in [0.1, 0.15) is 65.5 Å². The van der Waals surface area contributed by atoms with Crippen LogP contribution in [0, 0.1) is 11.8 Å². The number of ether oxygens (including phenoxy) is 1. The molecule has 35 heavy (non-hydrogen) atoms. The zero-order valence-corrected chi connectivity index (χ0v) is 22.1. The maximum absolute atomic E-state index is 13.1. The molecule has 0 aromatic heterocycles. The van der Waals surface area contributed by atoms with Crippen LogP contribution in [0.2, 0.25) is 0 Å². The van der Waals surface area contributed by atoms with Gasteiger partial charge in [0.25, 0.3) is 0 Å². The highest BCUT2D eigenvalue weighted by molar-refractivity contribution is 6.48. The first-order valence-electron chi connectivity index (χ1n) is 12.6. The maximum Gasteiger partial charge on any atom is 0.481 e. The van der Waals surface area contributed by atoms with Gasteiger partial charge in [-0.05, 0) is 76.5 Å². The van der Waals surface area contributed by atoms with Crippen LogP contribution in [0.3, 0.4) is 0 Å². The van der Waals surface area contributed by atoms with E-state index >= 15 is 0 Å². The van der Waals surface area contributed by atoms with E-state index < -0.39 is 42.8 Å². The molecule has 3 rings (SSSR count). The Morgan fingerprint density at radius 2 is 1.83 bits per heavy atom. The van der Waals surface area contributed by atoms with Crippen LogP contribution in [0.25, 0.3) is 0 Å². The van der Waals surface area contributed by atoms with Gasteiger partial charge in [0.15, 0.2) is 0 Å². The summed E-state index contributed by atoms with van der Waals surface area (Å²) >= 11 is 0. The second-order valence-corrected chi connectivity index (χ2v) is 11.2. The minimum atomic E-state index is -1.06. The zero-order chi connectivity index (χ0) is 26.0. The maximum atomic E-state index is 13.1. The number of hydrogen-bond acceptors (Lipinski definition) is 6. The first kappa shape index (κ1) is 27.5. The Kier molecular flexibility index (Phi) is 8.55. The quantitative estimate of drug-likeness (QED) is 0.461. The molecule has 1 aromatic rings. The Labute approximate surface area is 209 Å². The van der Waals surface area contributed by atoms with E-state index in [0.717, 1.165) is 17.7 Å². The number of hydrogen-bond donors (Lipinski definition) is 3. The molecule has 2 amide bonds. The van der Waals surface area contributed by atoms with Gasteiger partial charge in [0, 0.05) is 5.92 Å². The van der Waals surface area contributed by atoms with Crippen molar-refractivity contribution in [2.45, 2.75) is 90.4 Å². The molecule has 1 aliphatic heterocycles. The van der Waals surface area contributed by atoms with E-state index in [9.17, 15) is 14.7 Å². The molecule has 1 unspecified atom stereocenters. The Bertz CT molecular complexity index is 889. The lowest BCUT2D eigenvalue weighted by molar-refractivity contribution is -0.132. The minimum absolute atomic E-state index is 0.244. The van der Waals surface area contributed by atoms with Crippen molar-refractivity contribution in [2.75, 3.05) is 13.7 Å². The molecule has 3 N–H and O–H groups in total. The number of amides is 2. The second-order valence-electron chi connectivity index (χ2n) is 11.2. The van der Waals surface area contributed by atoms with Crippen LogP contribution >= 0.6 is 0 Å². The van der Waals surface area contributed by atoms with Crippen LogP contribution < -0.4 is 15.4 Å². The Hall–Kier alpha value is -2.10. The Morgan fingerprint density at radius 1 is 1.17 bits per heavy atom. The predicted molar refractivity (Wildman–Crippen MR) is 135 cm³/mol. The van der Waals surface area contributed by atoms with Gasteiger partial charge >= 0.3 is 7.12 Å². The number of carbonyl (C=O) groups excluding carboxylic acids is 2. The fourth-order valence-corrected chi connectivity index (χ4v) is 4.74. The number of nitrogens with one attached hydrogen (secondary N) is 2. The van der Waals surface area contributed by atoms with Gasteiger partial charge in [0.05, 0.1) is 30.9 Å². The molecule has 3 atom stereocenters. The molecular weight excluding hydrogens is 447 g/mol. The third-order valence-corrected chi connectivity index (χ3v) is 7.50. The standard InChI is InChI=1S/C26H41BN2O6/c1-16(2)13-22(27-34-25(3,4)26(5,6)35-27)29-24(32)20(15-30)28-23(31)18-12-11-17-9-8-10-21(33-7)19(17)14-18/h8-10,16,18,20,22,30H,11-15H2,1-7H3,(H,28,31)(H,29,32)/t18?,20-,22-/m0/s1. The summed E-state index contributed by atoms with van der Waals surface area (Å²) in [7, 11) is 1.00. The number of aryl methyl sites for hydroxylation is 1. The summed E-state index contributed by atoms with van der Waals surface area (Å²) in [5.41, 5.74) is 1.16. The average Bonchev–Trinajstić information content (AvgIpc) is 3.02. The lowest BCUT2D eigenvalue weighted by Gasteiger charge is -2.32. The van der Waals surface area contributed by atoms with Crippen LogP contribution in [-0.2, 0) is 31.7 Å². The highest BCUT2D eigenvalue weighted by Crippen LogP contribution is 2.38. The van der Waals surface area contributed by atoms with Crippen LogP contribution in [0.5, 0.6) is 5.75 Å². The van der Waals surface area contributed by atoms with Crippen LogP contribution in [0.4, 0.5) is 0 Å². The normalized spacial score (nSPS) is 22.3. The summed E-state index contributed by atoms with van der Waals surface area (Å²) < 4.78 is 17.8. The van der Waals surface area contributed by atoms with Crippen LogP contribution in [-0.4, -0.2) is 60.9 Å². The second kappa shape index (κ2) is 10.9. The summed E-state index contributed by atoms with van der Waals surface area (Å²) in [6, 6.07) is 4.85. The summed E-state index contributed by atoms with van der Waals surface area (Å²) in [6.45, 7) is 11.5. The van der Waals surface area contributed by atoms with Crippen molar-refractivity contribution in [1.82, 2.24) is 10.6 Å².